The SMILES string of the molecule is CCOc1ccc([C@H]2CC[C@H](C#Cc3ccc(F)nc3F)CC2)cc1. The zero-order valence-electron chi connectivity index (χ0n) is 14.3. The van der Waals surface area contributed by atoms with Crippen LogP contribution in [0.15, 0.2) is 36.4 Å². The van der Waals surface area contributed by atoms with Gasteiger partial charge in [-0.1, -0.05) is 24.0 Å². The number of ether oxygens (including phenoxy) is 1. The molecular weight excluding hydrogens is 320 g/mol. The summed E-state index contributed by atoms with van der Waals surface area (Å²) in [4.78, 5) is 3.16. The van der Waals surface area contributed by atoms with Crippen LogP contribution >= 0.6 is 0 Å². The zero-order valence-corrected chi connectivity index (χ0v) is 14.3. The molecule has 1 fully saturated rings. The minimum atomic E-state index is -0.837. The van der Waals surface area contributed by atoms with Crippen molar-refractivity contribution in [2.75, 3.05) is 6.61 Å². The van der Waals surface area contributed by atoms with Gasteiger partial charge in [-0.05, 0) is 68.4 Å². The molecule has 0 saturated heterocycles. The van der Waals surface area contributed by atoms with Crippen LogP contribution < -0.4 is 4.74 Å². The van der Waals surface area contributed by atoms with Gasteiger partial charge >= 0.3 is 0 Å². The lowest BCUT2D eigenvalue weighted by molar-refractivity contribution is 0.339. The van der Waals surface area contributed by atoms with E-state index in [1.165, 1.54) is 11.6 Å². The Bertz CT molecular complexity index is 769. The highest BCUT2D eigenvalue weighted by atomic mass is 19.1. The standard InChI is InChI=1S/C21H21F2NO/c1-2-25-19-12-9-17(10-13-19)16-6-3-15(4-7-16)5-8-18-11-14-20(22)24-21(18)23/h9-16H,2-4,6-7H2,1H3/t15-,16-. The van der Waals surface area contributed by atoms with Crippen molar-refractivity contribution in [1.82, 2.24) is 4.98 Å². The summed E-state index contributed by atoms with van der Waals surface area (Å²) in [5.74, 6) is 5.98. The van der Waals surface area contributed by atoms with Crippen molar-refractivity contribution in [1.29, 1.82) is 0 Å². The van der Waals surface area contributed by atoms with Gasteiger partial charge in [-0.25, -0.2) is 0 Å². The summed E-state index contributed by atoms with van der Waals surface area (Å²) in [7, 11) is 0. The van der Waals surface area contributed by atoms with Crippen molar-refractivity contribution in [2.45, 2.75) is 38.5 Å². The summed E-state index contributed by atoms with van der Waals surface area (Å²) in [5.41, 5.74) is 1.50. The maximum absolute atomic E-state index is 13.5. The molecule has 130 valence electrons. The van der Waals surface area contributed by atoms with E-state index in [0.717, 1.165) is 37.5 Å². The Morgan fingerprint density at radius 3 is 2.40 bits per heavy atom. The first-order valence-electron chi connectivity index (χ1n) is 8.72. The van der Waals surface area contributed by atoms with Gasteiger partial charge in [0.2, 0.25) is 11.9 Å². The Morgan fingerprint density at radius 1 is 1.04 bits per heavy atom. The van der Waals surface area contributed by atoms with Gasteiger partial charge in [0.05, 0.1) is 12.2 Å². The second-order valence-corrected chi connectivity index (χ2v) is 6.29. The lowest BCUT2D eigenvalue weighted by Gasteiger charge is -2.26. The van der Waals surface area contributed by atoms with Gasteiger partial charge in [0, 0.05) is 5.92 Å². The third-order valence-electron chi connectivity index (χ3n) is 4.62. The minimum Gasteiger partial charge on any atom is -0.494 e. The van der Waals surface area contributed by atoms with Gasteiger partial charge in [0.25, 0.3) is 0 Å². The Labute approximate surface area is 147 Å². The fourth-order valence-electron chi connectivity index (χ4n) is 3.26. The fourth-order valence-corrected chi connectivity index (χ4v) is 3.26. The van der Waals surface area contributed by atoms with Gasteiger partial charge in [0.1, 0.15) is 5.75 Å². The molecule has 2 nitrogen and oxygen atoms in total. The Kier molecular flexibility index (Phi) is 5.65. The van der Waals surface area contributed by atoms with Crippen molar-refractivity contribution in [3.63, 3.8) is 0 Å². The summed E-state index contributed by atoms with van der Waals surface area (Å²) in [6.45, 7) is 2.65. The van der Waals surface area contributed by atoms with Crippen molar-refractivity contribution < 1.29 is 13.5 Å². The summed E-state index contributed by atoms with van der Waals surface area (Å²) in [5, 5.41) is 0. The van der Waals surface area contributed by atoms with Crippen LogP contribution in [0.4, 0.5) is 8.78 Å². The smallest absolute Gasteiger partial charge is 0.231 e. The monoisotopic (exact) mass is 341 g/mol. The van der Waals surface area contributed by atoms with Crippen LogP contribution in [0.2, 0.25) is 0 Å². The molecule has 1 aromatic heterocycles. The second-order valence-electron chi connectivity index (χ2n) is 6.29. The van der Waals surface area contributed by atoms with E-state index < -0.39 is 11.9 Å². The summed E-state index contributed by atoms with van der Waals surface area (Å²) in [6.07, 6.45) is 4.11. The van der Waals surface area contributed by atoms with E-state index in [1.807, 2.05) is 19.1 Å². The van der Waals surface area contributed by atoms with E-state index in [4.69, 9.17) is 4.74 Å². The van der Waals surface area contributed by atoms with E-state index in [9.17, 15) is 8.78 Å². The molecule has 1 aliphatic rings. The third-order valence-corrected chi connectivity index (χ3v) is 4.62. The molecule has 4 heteroatoms. The van der Waals surface area contributed by atoms with Gasteiger partial charge < -0.3 is 4.74 Å². The largest absolute Gasteiger partial charge is 0.494 e. The maximum atomic E-state index is 13.5. The normalized spacial score (nSPS) is 19.8. The quantitative estimate of drug-likeness (QED) is 0.573. The number of nitrogens with zero attached hydrogens (tertiary/aromatic N) is 1. The average molecular weight is 341 g/mol. The van der Waals surface area contributed by atoms with E-state index in [1.54, 1.807) is 0 Å². The van der Waals surface area contributed by atoms with Gasteiger partial charge in [0.15, 0.2) is 0 Å². The van der Waals surface area contributed by atoms with Crippen molar-refractivity contribution in [3.8, 4) is 17.6 Å². The molecule has 0 bridgehead atoms. The Morgan fingerprint density at radius 2 is 1.76 bits per heavy atom. The van der Waals surface area contributed by atoms with Crippen LogP contribution in [0.1, 0.15) is 49.7 Å². The molecule has 0 amide bonds. The van der Waals surface area contributed by atoms with E-state index in [2.05, 4.69) is 29.0 Å². The number of pyridine rings is 1. The molecule has 0 atom stereocenters. The number of benzene rings is 1. The molecule has 25 heavy (non-hydrogen) atoms. The van der Waals surface area contributed by atoms with Crippen LogP contribution in [0, 0.1) is 29.7 Å². The number of hydrogen-bond acceptors (Lipinski definition) is 2. The van der Waals surface area contributed by atoms with Crippen LogP contribution in [-0.2, 0) is 0 Å². The van der Waals surface area contributed by atoms with Crippen LogP contribution in [0.5, 0.6) is 5.75 Å². The molecule has 3 rings (SSSR count). The molecular formula is C21H21F2NO. The predicted molar refractivity (Wildman–Crippen MR) is 93.3 cm³/mol. The average Bonchev–Trinajstić information content (AvgIpc) is 2.62. The molecule has 0 aliphatic heterocycles. The molecule has 1 heterocycles. The van der Waals surface area contributed by atoms with Crippen LogP contribution in [0.3, 0.4) is 0 Å². The van der Waals surface area contributed by atoms with Gasteiger partial charge in [-0.2, -0.15) is 13.8 Å². The molecule has 1 saturated carbocycles. The number of rotatable bonds is 3. The molecule has 0 spiro atoms. The zero-order chi connectivity index (χ0) is 17.6. The number of aromatic nitrogens is 1. The van der Waals surface area contributed by atoms with Crippen molar-refractivity contribution in [2.24, 2.45) is 5.92 Å². The van der Waals surface area contributed by atoms with Crippen LogP contribution in [0.25, 0.3) is 0 Å². The van der Waals surface area contributed by atoms with E-state index in [0.29, 0.717) is 12.5 Å². The molecule has 2 aromatic rings. The highest BCUT2D eigenvalue weighted by Crippen LogP contribution is 2.36. The second kappa shape index (κ2) is 8.11. The summed E-state index contributed by atoms with van der Waals surface area (Å²) in [6, 6.07) is 10.8. The highest BCUT2D eigenvalue weighted by Gasteiger charge is 2.21. The third kappa shape index (κ3) is 4.57. The maximum Gasteiger partial charge on any atom is 0.231 e. The lowest BCUT2D eigenvalue weighted by Crippen LogP contribution is -2.12. The lowest BCUT2D eigenvalue weighted by atomic mass is 9.79. The van der Waals surface area contributed by atoms with Crippen LogP contribution in [-0.4, -0.2) is 11.6 Å². The van der Waals surface area contributed by atoms with E-state index >= 15 is 0 Å². The molecule has 0 N–H and O–H groups in total. The number of hydrogen-bond donors (Lipinski definition) is 0. The van der Waals surface area contributed by atoms with Crippen molar-refractivity contribution in [3.05, 3.63) is 59.4 Å². The highest BCUT2D eigenvalue weighted by molar-refractivity contribution is 5.34. The first kappa shape index (κ1) is 17.4. The Balaban J connectivity index is 1.58. The van der Waals surface area contributed by atoms with Crippen molar-refractivity contribution >= 4 is 0 Å². The fraction of sp³-hybridized carbons (Fsp3) is 0.381. The first-order valence-corrected chi connectivity index (χ1v) is 8.72. The molecule has 1 aliphatic carbocycles. The summed E-state index contributed by atoms with van der Waals surface area (Å²) < 4.78 is 31.8. The summed E-state index contributed by atoms with van der Waals surface area (Å²) >= 11 is 0. The molecule has 1 aromatic carbocycles. The predicted octanol–water partition coefficient (Wildman–Crippen LogP) is 5.08. The topological polar surface area (TPSA) is 22.1 Å². The van der Waals surface area contributed by atoms with Gasteiger partial charge in [-0.3, -0.25) is 0 Å². The Hall–Kier alpha value is -2.41. The molecule has 0 unspecified atom stereocenters. The van der Waals surface area contributed by atoms with Gasteiger partial charge in [-0.15, -0.1) is 0 Å². The van der Waals surface area contributed by atoms with E-state index in [-0.39, 0.29) is 11.5 Å². The minimum absolute atomic E-state index is 0.162. The first-order chi connectivity index (χ1) is 12.2. The number of halogens is 2. The molecule has 0 radical (unpaired) electrons.